The van der Waals surface area contributed by atoms with Gasteiger partial charge in [-0.2, -0.15) is 5.10 Å². The van der Waals surface area contributed by atoms with Crippen molar-refractivity contribution in [2.45, 2.75) is 33.6 Å². The fourth-order valence-corrected chi connectivity index (χ4v) is 4.10. The molecule has 0 atom stereocenters. The highest BCUT2D eigenvalue weighted by molar-refractivity contribution is 5.95. The second-order valence-corrected chi connectivity index (χ2v) is 9.22. The summed E-state index contributed by atoms with van der Waals surface area (Å²) in [5, 5.41) is 4.06. The Morgan fingerprint density at radius 1 is 0.875 bits per heavy atom. The molecule has 0 saturated carbocycles. The van der Waals surface area contributed by atoms with E-state index in [2.05, 4.69) is 34.2 Å². The molecule has 4 aromatic rings. The zero-order valence-electron chi connectivity index (χ0n) is 23.1. The van der Waals surface area contributed by atoms with E-state index in [4.69, 9.17) is 14.2 Å². The normalized spacial score (nSPS) is 10.9. The first-order valence-electron chi connectivity index (χ1n) is 13.1. The Kier molecular flexibility index (Phi) is 9.35. The molecule has 8 heteroatoms. The molecule has 1 amide bonds. The molecule has 0 bridgehead atoms. The summed E-state index contributed by atoms with van der Waals surface area (Å²) in [6.45, 7) is 6.81. The number of amides is 1. The smallest absolute Gasteiger partial charge is 0.343 e. The Bertz CT molecular complexity index is 1470. The first-order valence-corrected chi connectivity index (χ1v) is 13.1. The minimum Gasteiger partial charge on any atom is -0.494 e. The lowest BCUT2D eigenvalue weighted by molar-refractivity contribution is 0.0729. The Hall–Kier alpha value is -4.85. The van der Waals surface area contributed by atoms with Gasteiger partial charge in [-0.05, 0) is 105 Å². The summed E-state index contributed by atoms with van der Waals surface area (Å²) >= 11 is 0. The van der Waals surface area contributed by atoms with E-state index >= 15 is 0 Å². The van der Waals surface area contributed by atoms with Crippen molar-refractivity contribution < 1.29 is 23.8 Å². The van der Waals surface area contributed by atoms with Gasteiger partial charge >= 0.3 is 5.97 Å². The highest BCUT2D eigenvalue weighted by Gasteiger charge is 2.13. The summed E-state index contributed by atoms with van der Waals surface area (Å²) in [5.74, 6) is 0.486. The van der Waals surface area contributed by atoms with Crippen LogP contribution in [0, 0.1) is 13.8 Å². The van der Waals surface area contributed by atoms with Crippen molar-refractivity contribution in [1.82, 2.24) is 9.99 Å². The topological polar surface area (TPSA) is 91.2 Å². The number of aromatic nitrogens is 1. The average Bonchev–Trinajstić information content (AvgIpc) is 3.31. The van der Waals surface area contributed by atoms with E-state index in [9.17, 15) is 9.59 Å². The fourth-order valence-electron chi connectivity index (χ4n) is 4.10. The quantitative estimate of drug-likeness (QED) is 0.0798. The van der Waals surface area contributed by atoms with Gasteiger partial charge in [0.2, 0.25) is 0 Å². The molecule has 1 heterocycles. The van der Waals surface area contributed by atoms with Crippen molar-refractivity contribution in [2.24, 2.45) is 5.10 Å². The number of methoxy groups -OCH3 is 1. The van der Waals surface area contributed by atoms with Crippen molar-refractivity contribution in [3.8, 4) is 22.9 Å². The van der Waals surface area contributed by atoms with Crippen LogP contribution in [0.15, 0.2) is 84.0 Å². The van der Waals surface area contributed by atoms with Crippen molar-refractivity contribution >= 4 is 18.1 Å². The number of esters is 1. The van der Waals surface area contributed by atoms with Gasteiger partial charge in [-0.15, -0.1) is 0 Å². The molecule has 40 heavy (non-hydrogen) atoms. The summed E-state index contributed by atoms with van der Waals surface area (Å²) in [6, 6.07) is 23.2. The molecule has 1 N–H and O–H groups in total. The fraction of sp³-hybridized carbons (Fsp3) is 0.219. The Labute approximate surface area is 234 Å². The number of aryl methyl sites for hydroxylation is 2. The van der Waals surface area contributed by atoms with Gasteiger partial charge in [0.25, 0.3) is 5.91 Å². The van der Waals surface area contributed by atoms with Crippen LogP contribution in [-0.2, 0) is 0 Å². The van der Waals surface area contributed by atoms with Crippen molar-refractivity contribution in [3.05, 3.63) is 107 Å². The van der Waals surface area contributed by atoms with Crippen LogP contribution in [-0.4, -0.2) is 36.4 Å². The number of benzene rings is 3. The molecule has 206 valence electrons. The van der Waals surface area contributed by atoms with Crippen LogP contribution in [0.25, 0.3) is 5.69 Å². The molecule has 0 fully saturated rings. The number of carbonyl (C=O) groups is 2. The molecule has 3 aromatic carbocycles. The molecular formula is C32H33N3O5. The van der Waals surface area contributed by atoms with Gasteiger partial charge in [0.1, 0.15) is 5.75 Å². The molecule has 0 spiro atoms. The molecule has 0 aliphatic carbocycles. The number of rotatable bonds is 11. The molecule has 8 nitrogen and oxygen atoms in total. The summed E-state index contributed by atoms with van der Waals surface area (Å²) in [7, 11) is 1.48. The van der Waals surface area contributed by atoms with Crippen LogP contribution in [0.4, 0.5) is 0 Å². The predicted octanol–water partition coefficient (Wildman–Crippen LogP) is 6.26. The van der Waals surface area contributed by atoms with E-state index in [0.29, 0.717) is 34.8 Å². The zero-order valence-corrected chi connectivity index (χ0v) is 23.1. The highest BCUT2D eigenvalue weighted by atomic mass is 16.6. The largest absolute Gasteiger partial charge is 0.494 e. The number of unbranched alkanes of at least 4 members (excludes halogenated alkanes) is 1. The predicted molar refractivity (Wildman–Crippen MR) is 155 cm³/mol. The lowest BCUT2D eigenvalue weighted by Gasteiger charge is -2.11. The van der Waals surface area contributed by atoms with Gasteiger partial charge < -0.3 is 18.8 Å². The average molecular weight is 540 g/mol. The molecule has 1 aromatic heterocycles. The standard InChI is InChI=1S/C32H33N3O5/c1-5-6-19-39-28-16-12-26(13-17-28)32(37)40-29-18-9-24(20-30(29)38-4)21-33-34-31(36)25-10-14-27(15-11-25)35-22(2)7-8-23(35)3/h7-18,20-21H,5-6,19H2,1-4H3,(H,34,36)/b33-21-. The summed E-state index contributed by atoms with van der Waals surface area (Å²) in [6.07, 6.45) is 3.51. The van der Waals surface area contributed by atoms with Crippen LogP contribution >= 0.6 is 0 Å². The van der Waals surface area contributed by atoms with Gasteiger partial charge in [0, 0.05) is 22.6 Å². The molecular weight excluding hydrogens is 506 g/mol. The molecule has 0 radical (unpaired) electrons. The second kappa shape index (κ2) is 13.3. The minimum atomic E-state index is -0.514. The van der Waals surface area contributed by atoms with Crippen LogP contribution in [0.5, 0.6) is 17.2 Å². The zero-order chi connectivity index (χ0) is 28.5. The molecule has 0 unspecified atom stereocenters. The van der Waals surface area contributed by atoms with E-state index in [1.165, 1.54) is 13.3 Å². The molecule has 0 aliphatic rings. The van der Waals surface area contributed by atoms with Crippen molar-refractivity contribution in [1.29, 1.82) is 0 Å². The summed E-state index contributed by atoms with van der Waals surface area (Å²) < 4.78 is 18.7. The van der Waals surface area contributed by atoms with E-state index < -0.39 is 5.97 Å². The number of hydrogen-bond donors (Lipinski definition) is 1. The number of hydrogen-bond acceptors (Lipinski definition) is 6. The third kappa shape index (κ3) is 6.96. The maximum Gasteiger partial charge on any atom is 0.343 e. The van der Waals surface area contributed by atoms with Crippen LogP contribution < -0.4 is 19.6 Å². The van der Waals surface area contributed by atoms with Gasteiger partial charge in [-0.1, -0.05) is 13.3 Å². The van der Waals surface area contributed by atoms with Crippen molar-refractivity contribution in [2.75, 3.05) is 13.7 Å². The van der Waals surface area contributed by atoms with Gasteiger partial charge in [-0.3, -0.25) is 4.79 Å². The van der Waals surface area contributed by atoms with E-state index in [-0.39, 0.29) is 11.7 Å². The number of nitrogens with one attached hydrogen (secondary N) is 1. The highest BCUT2D eigenvalue weighted by Crippen LogP contribution is 2.28. The Balaban J connectivity index is 1.35. The summed E-state index contributed by atoms with van der Waals surface area (Å²) in [5.41, 5.74) is 7.31. The number of nitrogens with zero attached hydrogens (tertiary/aromatic N) is 2. The van der Waals surface area contributed by atoms with E-state index in [0.717, 1.165) is 29.9 Å². The second-order valence-electron chi connectivity index (χ2n) is 9.22. The molecule has 4 rings (SSSR count). The van der Waals surface area contributed by atoms with Gasteiger partial charge in [0.05, 0.1) is 25.5 Å². The van der Waals surface area contributed by atoms with Crippen LogP contribution in [0.1, 0.15) is 57.4 Å². The monoisotopic (exact) mass is 539 g/mol. The van der Waals surface area contributed by atoms with Crippen molar-refractivity contribution in [3.63, 3.8) is 0 Å². The maximum absolute atomic E-state index is 12.6. The summed E-state index contributed by atoms with van der Waals surface area (Å²) in [4.78, 5) is 25.2. The number of carbonyl (C=O) groups excluding carboxylic acids is 2. The lowest BCUT2D eigenvalue weighted by Crippen LogP contribution is -2.17. The number of ether oxygens (including phenoxy) is 3. The third-order valence-corrected chi connectivity index (χ3v) is 6.29. The van der Waals surface area contributed by atoms with E-state index in [1.54, 1.807) is 54.6 Å². The lowest BCUT2D eigenvalue weighted by atomic mass is 10.2. The molecule has 0 saturated heterocycles. The van der Waals surface area contributed by atoms with Crippen LogP contribution in [0.2, 0.25) is 0 Å². The van der Waals surface area contributed by atoms with Gasteiger partial charge in [-0.25, -0.2) is 10.2 Å². The first-order chi connectivity index (χ1) is 19.4. The minimum absolute atomic E-state index is 0.269. The third-order valence-electron chi connectivity index (χ3n) is 6.29. The number of hydrazone groups is 1. The SMILES string of the molecule is CCCCOc1ccc(C(=O)Oc2ccc(/C=N\NC(=O)c3ccc(-n4c(C)ccc4C)cc3)cc2OC)cc1. The first kappa shape index (κ1) is 28.2. The van der Waals surface area contributed by atoms with E-state index in [1.807, 2.05) is 26.0 Å². The van der Waals surface area contributed by atoms with Crippen LogP contribution in [0.3, 0.4) is 0 Å². The van der Waals surface area contributed by atoms with Gasteiger partial charge in [0.15, 0.2) is 11.5 Å². The Morgan fingerprint density at radius 2 is 1.55 bits per heavy atom. The maximum atomic E-state index is 12.6. The molecule has 0 aliphatic heterocycles. The Morgan fingerprint density at radius 3 is 2.20 bits per heavy atom.